The van der Waals surface area contributed by atoms with Gasteiger partial charge in [0, 0.05) is 24.7 Å². The molecule has 0 radical (unpaired) electrons. The fourth-order valence-electron chi connectivity index (χ4n) is 1.68. The Bertz CT molecular complexity index is 702. The number of ketones is 1. The molecule has 0 atom stereocenters. The fraction of sp³-hybridized carbons (Fsp3) is 0.0833. The van der Waals surface area contributed by atoms with Crippen LogP contribution in [-0.4, -0.2) is 31.3 Å². The molecular formula is C12H9N3O5. The van der Waals surface area contributed by atoms with E-state index in [1.54, 1.807) is 0 Å². The minimum atomic E-state index is -1.19. The maximum atomic E-state index is 12.1. The molecule has 8 heteroatoms. The summed E-state index contributed by atoms with van der Waals surface area (Å²) in [5, 5.41) is 19.4. The SMILES string of the molecule is Cn1c(C(=O)O)cnc1C(=O)c1ccc([N+](=O)[O-])cc1. The molecule has 2 aromatic rings. The van der Waals surface area contributed by atoms with Gasteiger partial charge >= 0.3 is 5.97 Å². The van der Waals surface area contributed by atoms with Gasteiger partial charge in [0.25, 0.3) is 5.69 Å². The highest BCUT2D eigenvalue weighted by Gasteiger charge is 2.20. The lowest BCUT2D eigenvalue weighted by Crippen LogP contribution is -2.12. The van der Waals surface area contributed by atoms with Crippen molar-refractivity contribution in [2.75, 3.05) is 0 Å². The van der Waals surface area contributed by atoms with Gasteiger partial charge in [-0.1, -0.05) is 0 Å². The summed E-state index contributed by atoms with van der Waals surface area (Å²) in [5.41, 5.74) is -0.0517. The van der Waals surface area contributed by atoms with Crippen LogP contribution in [-0.2, 0) is 7.05 Å². The Morgan fingerprint density at radius 1 is 1.30 bits per heavy atom. The van der Waals surface area contributed by atoms with Crippen LogP contribution in [0.3, 0.4) is 0 Å². The maximum Gasteiger partial charge on any atom is 0.354 e. The lowest BCUT2D eigenvalue weighted by atomic mass is 10.1. The summed E-state index contributed by atoms with van der Waals surface area (Å²) in [5.74, 6) is -1.74. The van der Waals surface area contributed by atoms with Crippen molar-refractivity contribution in [3.05, 3.63) is 57.7 Å². The number of imidazole rings is 1. The molecule has 0 aliphatic rings. The van der Waals surface area contributed by atoms with Crippen LogP contribution in [0.2, 0.25) is 0 Å². The second-order valence-electron chi connectivity index (χ2n) is 3.96. The first-order valence-corrected chi connectivity index (χ1v) is 5.46. The van der Waals surface area contributed by atoms with Gasteiger partial charge in [-0.3, -0.25) is 14.9 Å². The van der Waals surface area contributed by atoms with E-state index >= 15 is 0 Å². The average molecular weight is 275 g/mol. The smallest absolute Gasteiger partial charge is 0.354 e. The van der Waals surface area contributed by atoms with Gasteiger partial charge in [0.2, 0.25) is 5.78 Å². The molecule has 0 saturated carbocycles. The van der Waals surface area contributed by atoms with Crippen molar-refractivity contribution < 1.29 is 19.6 Å². The molecule has 0 fully saturated rings. The number of nitro benzene ring substituents is 1. The molecule has 8 nitrogen and oxygen atoms in total. The van der Waals surface area contributed by atoms with Crippen LogP contribution in [0.1, 0.15) is 26.7 Å². The van der Waals surface area contributed by atoms with Crippen molar-refractivity contribution in [3.8, 4) is 0 Å². The lowest BCUT2D eigenvalue weighted by Gasteiger charge is -2.02. The van der Waals surface area contributed by atoms with E-state index in [1.807, 2.05) is 0 Å². The number of hydrogen-bond donors (Lipinski definition) is 1. The molecule has 1 N–H and O–H groups in total. The van der Waals surface area contributed by atoms with Gasteiger partial charge in [0.1, 0.15) is 5.69 Å². The van der Waals surface area contributed by atoms with E-state index in [1.165, 1.54) is 31.3 Å². The monoisotopic (exact) mass is 275 g/mol. The van der Waals surface area contributed by atoms with Gasteiger partial charge in [-0.2, -0.15) is 0 Å². The van der Waals surface area contributed by atoms with Crippen LogP contribution in [0.15, 0.2) is 30.5 Å². The fourth-order valence-corrected chi connectivity index (χ4v) is 1.68. The van der Waals surface area contributed by atoms with Gasteiger partial charge in [-0.15, -0.1) is 0 Å². The lowest BCUT2D eigenvalue weighted by molar-refractivity contribution is -0.384. The van der Waals surface area contributed by atoms with E-state index in [0.29, 0.717) is 0 Å². The van der Waals surface area contributed by atoms with Crippen LogP contribution in [0.4, 0.5) is 5.69 Å². The largest absolute Gasteiger partial charge is 0.477 e. The molecule has 0 saturated heterocycles. The quantitative estimate of drug-likeness (QED) is 0.510. The first-order chi connectivity index (χ1) is 9.41. The molecule has 0 unspecified atom stereocenters. The topological polar surface area (TPSA) is 115 Å². The van der Waals surface area contributed by atoms with Crippen LogP contribution >= 0.6 is 0 Å². The normalized spacial score (nSPS) is 10.2. The summed E-state index contributed by atoms with van der Waals surface area (Å²) in [6, 6.07) is 5.01. The summed E-state index contributed by atoms with van der Waals surface area (Å²) in [4.78, 5) is 36.7. The predicted octanol–water partition coefficient (Wildman–Crippen LogP) is 1.26. The molecule has 1 aromatic carbocycles. The number of hydrogen-bond acceptors (Lipinski definition) is 5. The molecule has 1 aromatic heterocycles. The minimum absolute atomic E-state index is 0.0451. The minimum Gasteiger partial charge on any atom is -0.477 e. The highest BCUT2D eigenvalue weighted by Crippen LogP contribution is 2.15. The molecule has 0 bridgehead atoms. The van der Waals surface area contributed by atoms with Crippen molar-refractivity contribution >= 4 is 17.4 Å². The van der Waals surface area contributed by atoms with Crippen molar-refractivity contribution in [1.82, 2.24) is 9.55 Å². The van der Waals surface area contributed by atoms with Gasteiger partial charge in [0.15, 0.2) is 5.82 Å². The summed E-state index contributed by atoms with van der Waals surface area (Å²) >= 11 is 0. The number of carbonyl (C=O) groups is 2. The Labute approximate surface area is 112 Å². The third-order valence-corrected chi connectivity index (χ3v) is 2.75. The van der Waals surface area contributed by atoms with Gasteiger partial charge in [0.05, 0.1) is 11.1 Å². The van der Waals surface area contributed by atoms with Crippen molar-refractivity contribution in [2.45, 2.75) is 0 Å². The van der Waals surface area contributed by atoms with Crippen molar-refractivity contribution in [3.63, 3.8) is 0 Å². The van der Waals surface area contributed by atoms with Crippen LogP contribution < -0.4 is 0 Å². The molecule has 2 rings (SSSR count). The number of rotatable bonds is 4. The number of benzene rings is 1. The highest BCUT2D eigenvalue weighted by atomic mass is 16.6. The number of nitrogens with zero attached hydrogens (tertiary/aromatic N) is 3. The number of non-ortho nitro benzene ring substituents is 1. The van der Waals surface area contributed by atoms with Crippen molar-refractivity contribution in [1.29, 1.82) is 0 Å². The summed E-state index contributed by atoms with van der Waals surface area (Å²) < 4.78 is 1.16. The van der Waals surface area contributed by atoms with E-state index in [2.05, 4.69) is 4.98 Å². The number of carbonyl (C=O) groups excluding carboxylic acids is 1. The second-order valence-corrected chi connectivity index (χ2v) is 3.96. The van der Waals surface area contributed by atoms with Crippen LogP contribution in [0.5, 0.6) is 0 Å². The molecule has 102 valence electrons. The summed E-state index contributed by atoms with van der Waals surface area (Å²) in [6.07, 6.45) is 1.08. The van der Waals surface area contributed by atoms with E-state index in [9.17, 15) is 19.7 Å². The predicted molar refractivity (Wildman–Crippen MR) is 66.7 cm³/mol. The van der Waals surface area contributed by atoms with E-state index < -0.39 is 16.7 Å². The Balaban J connectivity index is 2.36. The molecule has 0 amide bonds. The Kier molecular flexibility index (Phi) is 3.30. The molecule has 1 heterocycles. The maximum absolute atomic E-state index is 12.1. The van der Waals surface area contributed by atoms with Crippen molar-refractivity contribution in [2.24, 2.45) is 7.05 Å². The second kappa shape index (κ2) is 4.92. The number of carboxylic acids is 1. The standard InChI is InChI=1S/C12H9N3O5/c1-14-9(12(17)18)6-13-11(14)10(16)7-2-4-8(5-3-7)15(19)20/h2-6H,1H3,(H,17,18). The molecule has 0 spiro atoms. The number of aromatic carboxylic acids is 1. The number of aromatic nitrogens is 2. The van der Waals surface area contributed by atoms with E-state index in [4.69, 9.17) is 5.11 Å². The Morgan fingerprint density at radius 3 is 2.35 bits per heavy atom. The first-order valence-electron chi connectivity index (χ1n) is 5.46. The zero-order chi connectivity index (χ0) is 14.9. The summed E-state index contributed by atoms with van der Waals surface area (Å²) in [7, 11) is 1.41. The molecule has 0 aliphatic carbocycles. The zero-order valence-corrected chi connectivity index (χ0v) is 10.3. The number of carboxylic acid groups (broad SMARTS) is 1. The third kappa shape index (κ3) is 2.26. The van der Waals surface area contributed by atoms with E-state index in [0.717, 1.165) is 10.8 Å². The molecule has 0 aliphatic heterocycles. The van der Waals surface area contributed by atoms with Gasteiger partial charge in [-0.05, 0) is 12.1 Å². The number of nitro groups is 1. The zero-order valence-electron chi connectivity index (χ0n) is 10.3. The first kappa shape index (κ1) is 13.4. The van der Waals surface area contributed by atoms with Crippen LogP contribution in [0.25, 0.3) is 0 Å². The average Bonchev–Trinajstić information content (AvgIpc) is 2.80. The Hall–Kier alpha value is -3.03. The molecule has 20 heavy (non-hydrogen) atoms. The highest BCUT2D eigenvalue weighted by molar-refractivity contribution is 6.07. The third-order valence-electron chi connectivity index (χ3n) is 2.75. The Morgan fingerprint density at radius 2 is 1.90 bits per heavy atom. The van der Waals surface area contributed by atoms with Crippen LogP contribution in [0, 0.1) is 10.1 Å². The van der Waals surface area contributed by atoms with Gasteiger partial charge < -0.3 is 9.67 Å². The molecular weight excluding hydrogens is 266 g/mol. The van der Waals surface area contributed by atoms with Gasteiger partial charge in [-0.25, -0.2) is 9.78 Å². The van der Waals surface area contributed by atoms with E-state index in [-0.39, 0.29) is 22.8 Å². The summed E-state index contributed by atoms with van der Waals surface area (Å²) in [6.45, 7) is 0.